The summed E-state index contributed by atoms with van der Waals surface area (Å²) in [4.78, 5) is 82.5. The molecule has 1 saturated heterocycles. The number of amides is 5. The van der Waals surface area contributed by atoms with Crippen molar-refractivity contribution in [3.8, 4) is 0 Å². The smallest absolute Gasteiger partial charge is 0.326 e. The van der Waals surface area contributed by atoms with Crippen LogP contribution in [0.5, 0.6) is 0 Å². The monoisotopic (exact) mass is 721 g/mol. The lowest BCUT2D eigenvalue weighted by Gasteiger charge is -2.30. The Bertz CT molecular complexity index is 1110. The highest BCUT2D eigenvalue weighted by atomic mass is 32.2. The number of nitrogens with one attached hydrogen (secondary N) is 4. The highest BCUT2D eigenvalue weighted by molar-refractivity contribution is 7.98. The van der Waals surface area contributed by atoms with E-state index in [0.29, 0.717) is 37.9 Å². The van der Waals surface area contributed by atoms with Crippen molar-refractivity contribution in [3.05, 3.63) is 0 Å². The summed E-state index contributed by atoms with van der Waals surface area (Å²) in [6.07, 6.45) is 3.74. The van der Waals surface area contributed by atoms with E-state index >= 15 is 0 Å². The lowest BCUT2D eigenvalue weighted by atomic mass is 10.0. The van der Waals surface area contributed by atoms with Gasteiger partial charge < -0.3 is 48.5 Å². The van der Waals surface area contributed by atoms with Crippen LogP contribution in [0.15, 0.2) is 4.99 Å². The summed E-state index contributed by atoms with van der Waals surface area (Å²) in [5.74, 6) is -3.88. The van der Waals surface area contributed by atoms with Crippen molar-refractivity contribution in [1.82, 2.24) is 26.2 Å². The molecule has 1 aliphatic heterocycles. The number of nitrogens with two attached hydrogens (primary N) is 3. The minimum atomic E-state index is -1.24. The number of likely N-dealkylation sites (tertiary alicyclic amines) is 1. The Kier molecular flexibility index (Phi) is 19.6. The number of carboxylic acid groups (broad SMARTS) is 1. The Hall–Kier alpha value is -2.90. The summed E-state index contributed by atoms with van der Waals surface area (Å²) in [7, 11) is 0. The van der Waals surface area contributed by atoms with E-state index in [4.69, 9.17) is 17.2 Å². The van der Waals surface area contributed by atoms with E-state index in [2.05, 4.69) is 51.5 Å². The van der Waals surface area contributed by atoms with Crippen LogP contribution in [0.4, 0.5) is 0 Å². The Morgan fingerprint density at radius 3 is 2.06 bits per heavy atom. The second-order valence-corrected chi connectivity index (χ2v) is 13.3. The number of guanidine groups is 1. The van der Waals surface area contributed by atoms with Gasteiger partial charge >= 0.3 is 5.97 Å². The molecule has 0 bridgehead atoms. The quantitative estimate of drug-likeness (QED) is 0.0269. The van der Waals surface area contributed by atoms with Gasteiger partial charge in [-0.25, -0.2) is 4.79 Å². The summed E-state index contributed by atoms with van der Waals surface area (Å²) in [6.45, 7) is 4.25. The number of carbonyl (C=O) groups excluding carboxylic acids is 5. The van der Waals surface area contributed by atoms with Crippen LogP contribution in [0.3, 0.4) is 0 Å². The number of rotatable bonds is 21. The van der Waals surface area contributed by atoms with Crippen molar-refractivity contribution in [1.29, 1.82) is 0 Å². The van der Waals surface area contributed by atoms with Gasteiger partial charge in [-0.3, -0.25) is 29.0 Å². The molecule has 1 fully saturated rings. The fourth-order valence-corrected chi connectivity index (χ4v) is 5.83. The van der Waals surface area contributed by atoms with Crippen LogP contribution in [-0.2, 0) is 28.8 Å². The number of hydrogen-bond donors (Lipinski definition) is 10. The minimum absolute atomic E-state index is 0.0667. The summed E-state index contributed by atoms with van der Waals surface area (Å²) < 4.78 is 0. The zero-order valence-electron chi connectivity index (χ0n) is 27.1. The van der Waals surface area contributed by atoms with E-state index in [1.165, 1.54) is 16.7 Å². The van der Waals surface area contributed by atoms with Crippen molar-refractivity contribution in [2.45, 2.75) is 88.6 Å². The summed E-state index contributed by atoms with van der Waals surface area (Å²) in [6, 6.07) is -6.24. The number of thiol groups is 2. The number of nitrogens with zero attached hydrogens (tertiary/aromatic N) is 2. The SMILES string of the molecule is CSCC[C@H](NC(=O)[C@@H](N)CC(C)C)C(=O)N[C@@H](CS)C(=O)N[C@@H](CS)C(=O)N1CCC[C@H]1C(=O)N[C@@H](CCCN=C(N)N)C(=O)O. The molecule has 47 heavy (non-hydrogen) atoms. The third-order valence-corrected chi connectivity index (χ3v) is 8.69. The van der Waals surface area contributed by atoms with Crippen LogP contribution in [0, 0.1) is 5.92 Å². The maximum absolute atomic E-state index is 13.5. The standard InChI is InChI=1S/C28H51N9O7S3/c1-15(2)12-16(29)22(38)33-17(8-11-47-3)23(39)35-19(13-45)24(40)36-20(14-46)26(42)37-10-5-7-21(37)25(41)34-18(27(43)44)6-4-9-32-28(30)31/h15-21,45-46H,4-14,29H2,1-3H3,(H,33,38)(H,34,41)(H,35,39)(H,36,40)(H,43,44)(H4,30,31,32)/t16-,17-,18-,19-,20-,21-/m0/s1. The van der Waals surface area contributed by atoms with E-state index < -0.39 is 71.8 Å². The summed E-state index contributed by atoms with van der Waals surface area (Å²) in [5.41, 5.74) is 16.6. The van der Waals surface area contributed by atoms with Gasteiger partial charge in [0, 0.05) is 24.6 Å². The molecule has 0 unspecified atom stereocenters. The molecule has 0 aromatic carbocycles. The number of thioether (sulfide) groups is 1. The Labute approximate surface area is 291 Å². The van der Waals surface area contributed by atoms with Gasteiger partial charge in [-0.2, -0.15) is 37.0 Å². The van der Waals surface area contributed by atoms with Crippen LogP contribution >= 0.6 is 37.0 Å². The molecule has 16 nitrogen and oxygen atoms in total. The molecule has 0 spiro atoms. The largest absolute Gasteiger partial charge is 0.480 e. The van der Waals surface area contributed by atoms with Crippen molar-refractivity contribution in [3.63, 3.8) is 0 Å². The first-order valence-electron chi connectivity index (χ1n) is 15.4. The minimum Gasteiger partial charge on any atom is -0.480 e. The predicted octanol–water partition coefficient (Wildman–Crippen LogP) is -1.96. The van der Waals surface area contributed by atoms with E-state index in [1.54, 1.807) is 0 Å². The molecule has 0 aromatic rings. The first-order valence-corrected chi connectivity index (χ1v) is 18.1. The lowest BCUT2D eigenvalue weighted by molar-refractivity contribution is -0.144. The van der Waals surface area contributed by atoms with E-state index in [-0.39, 0.29) is 42.9 Å². The molecule has 19 heteroatoms. The van der Waals surface area contributed by atoms with E-state index in [0.717, 1.165) is 0 Å². The van der Waals surface area contributed by atoms with E-state index in [9.17, 15) is 33.9 Å². The molecule has 6 atom stereocenters. The van der Waals surface area contributed by atoms with Gasteiger partial charge in [-0.15, -0.1) is 0 Å². The summed E-state index contributed by atoms with van der Waals surface area (Å²) >= 11 is 9.92. The third-order valence-electron chi connectivity index (χ3n) is 7.32. The van der Waals surface area contributed by atoms with Gasteiger partial charge in [0.2, 0.25) is 29.5 Å². The van der Waals surface area contributed by atoms with Gasteiger partial charge in [0.15, 0.2) is 5.96 Å². The molecule has 1 rings (SSSR count). The van der Waals surface area contributed by atoms with Crippen molar-refractivity contribution >= 4 is 78.5 Å². The molecule has 0 radical (unpaired) electrons. The normalized spacial score (nSPS) is 17.5. The molecule has 268 valence electrons. The maximum atomic E-state index is 13.5. The molecule has 1 aliphatic rings. The topological polar surface area (TPSA) is 264 Å². The molecular formula is C28H51N9O7S3. The predicted molar refractivity (Wildman–Crippen MR) is 188 cm³/mol. The van der Waals surface area contributed by atoms with Gasteiger partial charge in [0.25, 0.3) is 0 Å². The second kappa shape index (κ2) is 21.9. The molecule has 11 N–H and O–H groups in total. The van der Waals surface area contributed by atoms with Crippen LogP contribution in [0.25, 0.3) is 0 Å². The molecule has 0 aliphatic carbocycles. The first kappa shape index (κ1) is 42.1. The lowest BCUT2D eigenvalue weighted by Crippen LogP contribution is -2.60. The molecular weight excluding hydrogens is 671 g/mol. The molecule has 5 amide bonds. The Balaban J connectivity index is 2.92. The first-order chi connectivity index (χ1) is 22.2. The number of carboxylic acids is 1. The number of carbonyl (C=O) groups is 6. The number of aliphatic imine (C=N–C) groups is 1. The average molecular weight is 722 g/mol. The van der Waals surface area contributed by atoms with Crippen molar-refractivity contribution < 1.29 is 33.9 Å². The molecule has 0 aromatic heterocycles. The maximum Gasteiger partial charge on any atom is 0.326 e. The van der Waals surface area contributed by atoms with Crippen LogP contribution < -0.4 is 38.5 Å². The third kappa shape index (κ3) is 14.8. The average Bonchev–Trinajstić information content (AvgIpc) is 3.51. The fraction of sp³-hybridized carbons (Fsp3) is 0.750. The Morgan fingerprint density at radius 2 is 1.51 bits per heavy atom. The zero-order valence-corrected chi connectivity index (χ0v) is 29.8. The van der Waals surface area contributed by atoms with Crippen LogP contribution in [0.1, 0.15) is 52.4 Å². The number of hydrogen-bond acceptors (Lipinski definition) is 11. The van der Waals surface area contributed by atoms with Crippen LogP contribution in [-0.4, -0.2) is 124 Å². The van der Waals surface area contributed by atoms with Gasteiger partial charge in [-0.05, 0) is 56.5 Å². The van der Waals surface area contributed by atoms with E-state index in [1.807, 2.05) is 20.1 Å². The molecule has 0 saturated carbocycles. The van der Waals surface area contributed by atoms with Gasteiger partial charge in [0.1, 0.15) is 30.2 Å². The Morgan fingerprint density at radius 1 is 0.915 bits per heavy atom. The zero-order chi connectivity index (χ0) is 35.7. The molecule has 1 heterocycles. The van der Waals surface area contributed by atoms with Crippen molar-refractivity contribution in [2.75, 3.05) is 36.6 Å². The number of aliphatic carboxylic acids is 1. The highest BCUT2D eigenvalue weighted by Crippen LogP contribution is 2.20. The van der Waals surface area contributed by atoms with Gasteiger partial charge in [0.05, 0.1) is 6.04 Å². The van der Waals surface area contributed by atoms with Crippen LogP contribution in [0.2, 0.25) is 0 Å². The highest BCUT2D eigenvalue weighted by Gasteiger charge is 2.39. The van der Waals surface area contributed by atoms with Crippen molar-refractivity contribution in [2.24, 2.45) is 28.1 Å². The second-order valence-electron chi connectivity index (χ2n) is 11.6. The summed E-state index contributed by atoms with van der Waals surface area (Å²) in [5, 5.41) is 19.9. The van der Waals surface area contributed by atoms with Gasteiger partial charge in [-0.1, -0.05) is 13.8 Å². The fourth-order valence-electron chi connectivity index (χ4n) is 4.85.